The summed E-state index contributed by atoms with van der Waals surface area (Å²) in [5.74, 6) is -0.331. The Bertz CT molecular complexity index is 1040. The Morgan fingerprint density at radius 1 is 1.32 bits per heavy atom. The zero-order chi connectivity index (χ0) is 17.6. The van der Waals surface area contributed by atoms with Gasteiger partial charge in [-0.05, 0) is 12.1 Å². The fourth-order valence-corrected chi connectivity index (χ4v) is 2.67. The second-order valence-electron chi connectivity index (χ2n) is 5.40. The Hall–Kier alpha value is -3.62. The quantitative estimate of drug-likeness (QED) is 0.666. The van der Waals surface area contributed by atoms with Gasteiger partial charge in [-0.1, -0.05) is 0 Å². The van der Waals surface area contributed by atoms with Crippen LogP contribution in [0.1, 0.15) is 10.4 Å². The number of H-pyrrole nitrogens is 1. The van der Waals surface area contributed by atoms with Crippen molar-refractivity contribution in [2.45, 2.75) is 0 Å². The van der Waals surface area contributed by atoms with Gasteiger partial charge in [-0.2, -0.15) is 5.10 Å². The number of pyridine rings is 1. The van der Waals surface area contributed by atoms with Crippen LogP contribution in [-0.4, -0.2) is 40.4 Å². The van der Waals surface area contributed by atoms with Gasteiger partial charge in [0, 0.05) is 24.1 Å². The minimum Gasteiger partial charge on any atom is -0.482 e. The summed E-state index contributed by atoms with van der Waals surface area (Å²) in [6.07, 6.45) is 3.09. The van der Waals surface area contributed by atoms with Crippen molar-refractivity contribution >= 4 is 17.6 Å². The van der Waals surface area contributed by atoms with Crippen molar-refractivity contribution in [2.24, 2.45) is 0 Å². The van der Waals surface area contributed by atoms with E-state index in [1.165, 1.54) is 13.3 Å². The first-order valence-corrected chi connectivity index (χ1v) is 7.32. The summed E-state index contributed by atoms with van der Waals surface area (Å²) in [6.45, 7) is -0.0694. The van der Waals surface area contributed by atoms with Crippen LogP contribution in [0.15, 0.2) is 35.4 Å². The smallest absolute Gasteiger partial charge is 0.341 e. The number of nitrogens with one attached hydrogen (secondary N) is 2. The first-order valence-electron chi connectivity index (χ1n) is 7.32. The molecule has 1 aromatic rings. The number of methoxy groups -OCH3 is 1. The molecule has 3 aliphatic heterocycles. The molecule has 0 spiro atoms. The number of nitrogens with zero attached hydrogens (tertiary/aromatic N) is 2. The maximum Gasteiger partial charge on any atom is 0.341 e. The van der Waals surface area contributed by atoms with Gasteiger partial charge in [-0.15, -0.1) is 0 Å². The van der Waals surface area contributed by atoms with Crippen molar-refractivity contribution in [1.82, 2.24) is 14.8 Å². The van der Waals surface area contributed by atoms with E-state index in [-0.39, 0.29) is 29.3 Å². The molecule has 1 aromatic carbocycles. The Morgan fingerprint density at radius 2 is 2.16 bits per heavy atom. The van der Waals surface area contributed by atoms with Crippen molar-refractivity contribution in [3.8, 4) is 22.7 Å². The molecular weight excluding hydrogens is 328 g/mol. The minimum absolute atomic E-state index is 0.0694. The van der Waals surface area contributed by atoms with Crippen LogP contribution in [0.4, 0.5) is 5.69 Å². The molecule has 0 saturated heterocycles. The van der Waals surface area contributed by atoms with Crippen molar-refractivity contribution in [1.29, 1.82) is 0 Å². The summed E-state index contributed by atoms with van der Waals surface area (Å²) in [4.78, 5) is 35.3. The van der Waals surface area contributed by atoms with Gasteiger partial charge in [0.25, 0.3) is 11.5 Å². The molecule has 0 fully saturated rings. The third-order valence-electron chi connectivity index (χ3n) is 3.86. The van der Waals surface area contributed by atoms with E-state index < -0.39 is 11.5 Å². The Morgan fingerprint density at radius 3 is 2.96 bits per heavy atom. The number of amides is 1. The van der Waals surface area contributed by atoms with Crippen LogP contribution in [0.5, 0.6) is 5.75 Å². The van der Waals surface area contributed by atoms with Gasteiger partial charge < -0.3 is 19.4 Å². The summed E-state index contributed by atoms with van der Waals surface area (Å²) in [5.41, 5.74) is 1.45. The zero-order valence-corrected chi connectivity index (χ0v) is 13.0. The van der Waals surface area contributed by atoms with Gasteiger partial charge in [-0.25, -0.2) is 9.89 Å². The number of aromatic nitrogens is 3. The number of esters is 1. The van der Waals surface area contributed by atoms with Crippen LogP contribution in [0.2, 0.25) is 0 Å². The number of hydrogen-bond acceptors (Lipinski definition) is 6. The molecule has 9 heteroatoms. The van der Waals surface area contributed by atoms with Crippen LogP contribution >= 0.6 is 0 Å². The van der Waals surface area contributed by atoms with Gasteiger partial charge in [0.15, 0.2) is 6.61 Å². The van der Waals surface area contributed by atoms with E-state index in [9.17, 15) is 14.4 Å². The van der Waals surface area contributed by atoms with E-state index in [0.717, 1.165) is 0 Å². The number of benzene rings is 1. The Balaban J connectivity index is 1.88. The third kappa shape index (κ3) is 2.42. The van der Waals surface area contributed by atoms with E-state index in [0.29, 0.717) is 17.1 Å². The van der Waals surface area contributed by atoms with Crippen molar-refractivity contribution in [3.05, 3.63) is 46.5 Å². The molecule has 126 valence electrons. The minimum atomic E-state index is -0.604. The number of fused-ring (bicyclic) bond motifs is 2. The Labute approximate surface area is 140 Å². The maximum absolute atomic E-state index is 12.0. The standard InChI is InChI=1S/C16H12N4O5/c1-24-16(23)10-6-20(5-9-14(10)18-19-15(9)22)8-2-3-11-12(4-8)25-7-13(21)17-11/h2-6H,7H2,1H3,(H,17,21)(H,19,22). The molecule has 9 nitrogen and oxygen atoms in total. The fourth-order valence-electron chi connectivity index (χ4n) is 2.67. The van der Waals surface area contributed by atoms with Crippen molar-refractivity contribution in [3.63, 3.8) is 0 Å². The average molecular weight is 340 g/mol. The highest BCUT2D eigenvalue weighted by Crippen LogP contribution is 2.31. The lowest BCUT2D eigenvalue weighted by atomic mass is 10.1. The van der Waals surface area contributed by atoms with E-state index in [1.807, 2.05) is 0 Å². The van der Waals surface area contributed by atoms with Crippen molar-refractivity contribution in [2.75, 3.05) is 19.0 Å². The Kier molecular flexibility index (Phi) is 3.27. The topological polar surface area (TPSA) is 115 Å². The molecule has 0 saturated carbocycles. The first-order chi connectivity index (χ1) is 12.1. The van der Waals surface area contributed by atoms with E-state index in [2.05, 4.69) is 15.5 Å². The molecule has 1 amide bonds. The molecule has 0 radical (unpaired) electrons. The predicted octanol–water partition coefficient (Wildman–Crippen LogP) is 0.783. The van der Waals surface area contributed by atoms with Crippen LogP contribution in [-0.2, 0) is 9.53 Å². The number of carbonyl (C=O) groups excluding carboxylic acids is 2. The number of carbonyl (C=O) groups is 2. The second kappa shape index (κ2) is 5.48. The first kappa shape index (κ1) is 14.9. The highest BCUT2D eigenvalue weighted by Gasteiger charge is 2.23. The van der Waals surface area contributed by atoms with E-state index in [1.54, 1.807) is 29.0 Å². The summed E-state index contributed by atoms with van der Waals surface area (Å²) >= 11 is 0. The normalized spacial score (nSPS) is 13.1. The second-order valence-corrected chi connectivity index (χ2v) is 5.40. The number of rotatable bonds is 2. The van der Waals surface area contributed by atoms with Crippen molar-refractivity contribution < 1.29 is 19.1 Å². The van der Waals surface area contributed by atoms with Crippen LogP contribution in [0, 0.1) is 0 Å². The van der Waals surface area contributed by atoms with Gasteiger partial charge in [0.2, 0.25) is 0 Å². The van der Waals surface area contributed by atoms with Crippen LogP contribution < -0.4 is 15.6 Å². The van der Waals surface area contributed by atoms with Crippen LogP contribution in [0.25, 0.3) is 16.9 Å². The van der Waals surface area contributed by atoms with Gasteiger partial charge in [0.1, 0.15) is 17.0 Å². The average Bonchev–Trinajstić information content (AvgIpc) is 3.01. The molecule has 0 atom stereocenters. The van der Waals surface area contributed by atoms with Gasteiger partial charge in [-0.3, -0.25) is 9.59 Å². The SMILES string of the molecule is COC(=O)c1cn(-c2ccc3c(c2)OCC(=O)N3)cc2c(=O)[nH]nc1-2. The number of anilines is 1. The molecule has 0 bridgehead atoms. The molecule has 3 aliphatic rings. The lowest BCUT2D eigenvalue weighted by Gasteiger charge is -2.19. The van der Waals surface area contributed by atoms with Gasteiger partial charge >= 0.3 is 5.97 Å². The monoisotopic (exact) mass is 340 g/mol. The van der Waals surface area contributed by atoms with E-state index >= 15 is 0 Å². The predicted molar refractivity (Wildman–Crippen MR) is 86.3 cm³/mol. The van der Waals surface area contributed by atoms with Gasteiger partial charge in [0.05, 0.1) is 18.4 Å². The highest BCUT2D eigenvalue weighted by atomic mass is 16.5. The molecule has 0 aromatic heterocycles. The molecule has 2 N–H and O–H groups in total. The summed E-state index contributed by atoms with van der Waals surface area (Å²) < 4.78 is 11.8. The third-order valence-corrected chi connectivity index (χ3v) is 3.86. The number of ether oxygens (including phenoxy) is 2. The number of hydrogen-bond donors (Lipinski definition) is 2. The molecule has 4 rings (SSSR count). The summed E-state index contributed by atoms with van der Waals surface area (Å²) in [6, 6.07) is 5.11. The molecular formula is C16H12N4O5. The number of aromatic amines is 1. The zero-order valence-electron chi connectivity index (χ0n) is 13.0. The molecule has 25 heavy (non-hydrogen) atoms. The summed E-state index contributed by atoms with van der Waals surface area (Å²) in [5, 5.41) is 8.91. The van der Waals surface area contributed by atoms with Crippen LogP contribution in [0.3, 0.4) is 0 Å². The fraction of sp³-hybridized carbons (Fsp3) is 0.125. The van der Waals surface area contributed by atoms with E-state index in [4.69, 9.17) is 9.47 Å². The summed E-state index contributed by atoms with van der Waals surface area (Å²) in [7, 11) is 1.26. The molecule has 3 heterocycles. The highest BCUT2D eigenvalue weighted by molar-refractivity contribution is 5.96. The molecule has 0 unspecified atom stereocenters. The lowest BCUT2D eigenvalue weighted by molar-refractivity contribution is -0.118. The molecule has 0 aliphatic carbocycles. The lowest BCUT2D eigenvalue weighted by Crippen LogP contribution is -2.25. The maximum atomic E-state index is 12.0. The largest absolute Gasteiger partial charge is 0.482 e.